The van der Waals surface area contributed by atoms with Gasteiger partial charge in [-0.15, -0.1) is 11.3 Å². The number of carboxylic acid groups (broad SMARTS) is 1. The van der Waals surface area contributed by atoms with E-state index in [1.165, 1.54) is 17.5 Å². The van der Waals surface area contributed by atoms with Gasteiger partial charge in [0.25, 0.3) is 0 Å². The molecule has 1 aromatic carbocycles. The highest BCUT2D eigenvalue weighted by atomic mass is 35.5. The molecule has 20 heavy (non-hydrogen) atoms. The van der Waals surface area contributed by atoms with Gasteiger partial charge in [0.05, 0.1) is 15.7 Å². The molecule has 0 bridgehead atoms. The molecule has 2 rings (SSSR count). The summed E-state index contributed by atoms with van der Waals surface area (Å²) in [5.41, 5.74) is 6.10. The Bertz CT molecular complexity index is 642. The second-order valence-corrected chi connectivity index (χ2v) is 5.44. The highest BCUT2D eigenvalue weighted by molar-refractivity contribution is 7.13. The second-order valence-electron chi connectivity index (χ2n) is 3.77. The molecule has 1 unspecified atom stereocenters. The molecule has 0 saturated heterocycles. The number of nitrogens with one attached hydrogen (secondary N) is 1. The lowest BCUT2D eigenvalue weighted by Crippen LogP contribution is -2.20. The highest BCUT2D eigenvalue weighted by Crippen LogP contribution is 2.30. The minimum absolute atomic E-state index is 0.126. The summed E-state index contributed by atoms with van der Waals surface area (Å²) in [6.45, 7) is 0. The minimum atomic E-state index is -1.19. The Labute approximate surface area is 127 Å². The molecule has 0 amide bonds. The third kappa shape index (κ3) is 3.18. The lowest BCUT2D eigenvalue weighted by atomic mass is 10.2. The first-order valence-electron chi connectivity index (χ1n) is 5.24. The van der Waals surface area contributed by atoms with Gasteiger partial charge in [-0.1, -0.05) is 23.2 Å². The molecule has 106 valence electrons. The number of aliphatic carboxylic acids is 1. The molecule has 0 spiro atoms. The van der Waals surface area contributed by atoms with Crippen molar-refractivity contribution < 1.29 is 14.3 Å². The number of benzene rings is 1. The maximum atomic E-state index is 13.3. The van der Waals surface area contributed by atoms with Crippen LogP contribution < -0.4 is 11.1 Å². The van der Waals surface area contributed by atoms with E-state index in [1.807, 2.05) is 0 Å². The SMILES string of the molecule is NC(C(=O)O)c1csc(Nc2cc(Cl)c(F)c(Cl)c2)n1. The second kappa shape index (κ2) is 5.92. The predicted octanol–water partition coefficient (Wildman–Crippen LogP) is 3.42. The molecule has 9 heteroatoms. The molecule has 1 atom stereocenters. The molecule has 0 radical (unpaired) electrons. The molecule has 0 aliphatic heterocycles. The van der Waals surface area contributed by atoms with Crippen LogP contribution >= 0.6 is 34.5 Å². The van der Waals surface area contributed by atoms with Crippen LogP contribution in [0.1, 0.15) is 11.7 Å². The lowest BCUT2D eigenvalue weighted by Gasteiger charge is -2.05. The third-order valence-electron chi connectivity index (χ3n) is 2.34. The van der Waals surface area contributed by atoms with Crippen LogP contribution in [0, 0.1) is 5.82 Å². The zero-order chi connectivity index (χ0) is 14.9. The Morgan fingerprint density at radius 1 is 1.45 bits per heavy atom. The summed E-state index contributed by atoms with van der Waals surface area (Å²) in [6, 6.07) is 1.50. The van der Waals surface area contributed by atoms with Gasteiger partial charge in [0.15, 0.2) is 10.9 Å². The normalized spacial score (nSPS) is 12.2. The van der Waals surface area contributed by atoms with Crippen molar-refractivity contribution >= 4 is 51.3 Å². The molecule has 0 saturated carbocycles. The minimum Gasteiger partial charge on any atom is -0.480 e. The van der Waals surface area contributed by atoms with Crippen molar-refractivity contribution in [2.45, 2.75) is 6.04 Å². The largest absolute Gasteiger partial charge is 0.480 e. The van der Waals surface area contributed by atoms with Crippen LogP contribution in [0.3, 0.4) is 0 Å². The number of hydrogen-bond acceptors (Lipinski definition) is 5. The van der Waals surface area contributed by atoms with Crippen molar-refractivity contribution in [3.8, 4) is 0 Å². The molecule has 1 heterocycles. The number of aromatic nitrogens is 1. The molecule has 1 aromatic heterocycles. The van der Waals surface area contributed by atoms with Gasteiger partial charge in [0, 0.05) is 11.1 Å². The van der Waals surface area contributed by atoms with Gasteiger partial charge in [0.1, 0.15) is 6.04 Å². The number of rotatable bonds is 4. The summed E-state index contributed by atoms with van der Waals surface area (Å²) in [6.07, 6.45) is 0. The van der Waals surface area contributed by atoms with Crippen molar-refractivity contribution in [2.75, 3.05) is 5.32 Å². The van der Waals surface area contributed by atoms with E-state index in [1.54, 1.807) is 0 Å². The summed E-state index contributed by atoms with van der Waals surface area (Å²) in [5.74, 6) is -1.87. The maximum Gasteiger partial charge on any atom is 0.326 e. The first kappa shape index (κ1) is 15.0. The topological polar surface area (TPSA) is 88.2 Å². The van der Waals surface area contributed by atoms with Crippen LogP contribution in [0.2, 0.25) is 10.0 Å². The predicted molar refractivity (Wildman–Crippen MR) is 76.4 cm³/mol. The average Bonchev–Trinajstić information content (AvgIpc) is 2.83. The number of nitrogens with two attached hydrogens (primary N) is 1. The van der Waals surface area contributed by atoms with Gasteiger partial charge in [-0.05, 0) is 12.1 Å². The van der Waals surface area contributed by atoms with E-state index in [0.29, 0.717) is 10.8 Å². The van der Waals surface area contributed by atoms with Crippen LogP contribution in [0.5, 0.6) is 0 Å². The molecular weight excluding hydrogens is 328 g/mol. The van der Waals surface area contributed by atoms with E-state index in [0.717, 1.165) is 11.3 Å². The van der Waals surface area contributed by atoms with Crippen LogP contribution in [0.15, 0.2) is 17.5 Å². The van der Waals surface area contributed by atoms with Crippen molar-refractivity contribution in [1.82, 2.24) is 4.98 Å². The van der Waals surface area contributed by atoms with Crippen molar-refractivity contribution in [1.29, 1.82) is 0 Å². The van der Waals surface area contributed by atoms with Gasteiger partial charge >= 0.3 is 5.97 Å². The Morgan fingerprint density at radius 3 is 2.60 bits per heavy atom. The number of anilines is 2. The molecule has 5 nitrogen and oxygen atoms in total. The van der Waals surface area contributed by atoms with Crippen molar-refractivity contribution in [2.24, 2.45) is 5.73 Å². The zero-order valence-electron chi connectivity index (χ0n) is 9.73. The Morgan fingerprint density at radius 2 is 2.05 bits per heavy atom. The Kier molecular flexibility index (Phi) is 4.44. The highest BCUT2D eigenvalue weighted by Gasteiger charge is 2.18. The number of carbonyl (C=O) groups is 1. The summed E-state index contributed by atoms with van der Waals surface area (Å²) < 4.78 is 13.3. The van der Waals surface area contributed by atoms with E-state index < -0.39 is 17.8 Å². The fourth-order valence-electron chi connectivity index (χ4n) is 1.36. The fraction of sp³-hybridized carbons (Fsp3) is 0.0909. The van der Waals surface area contributed by atoms with Crippen LogP contribution in [-0.4, -0.2) is 16.1 Å². The van der Waals surface area contributed by atoms with E-state index in [-0.39, 0.29) is 15.7 Å². The van der Waals surface area contributed by atoms with Crippen LogP contribution in [0.25, 0.3) is 0 Å². The first-order valence-corrected chi connectivity index (χ1v) is 6.87. The Hall–Kier alpha value is -1.41. The van der Waals surface area contributed by atoms with Gasteiger partial charge in [-0.3, -0.25) is 4.79 Å². The number of nitrogens with zero attached hydrogens (tertiary/aromatic N) is 1. The van der Waals surface area contributed by atoms with Gasteiger partial charge in [0.2, 0.25) is 0 Å². The van der Waals surface area contributed by atoms with Gasteiger partial charge in [-0.2, -0.15) is 0 Å². The van der Waals surface area contributed by atoms with E-state index in [2.05, 4.69) is 10.3 Å². The van der Waals surface area contributed by atoms with Gasteiger partial charge < -0.3 is 16.2 Å². The number of carboxylic acids is 1. The summed E-state index contributed by atoms with van der Waals surface area (Å²) in [7, 11) is 0. The smallest absolute Gasteiger partial charge is 0.326 e. The van der Waals surface area contributed by atoms with Gasteiger partial charge in [-0.25, -0.2) is 9.37 Å². The third-order valence-corrected chi connectivity index (χ3v) is 3.67. The average molecular weight is 336 g/mol. The quantitative estimate of drug-likeness (QED) is 0.745. The van der Waals surface area contributed by atoms with E-state index >= 15 is 0 Å². The molecule has 4 N–H and O–H groups in total. The number of halogens is 3. The molecule has 2 aromatic rings. The number of thiazole rings is 1. The maximum absolute atomic E-state index is 13.3. The van der Waals surface area contributed by atoms with E-state index in [4.69, 9.17) is 34.0 Å². The van der Waals surface area contributed by atoms with Crippen LogP contribution in [-0.2, 0) is 4.79 Å². The molecule has 0 fully saturated rings. The van der Waals surface area contributed by atoms with E-state index in [9.17, 15) is 9.18 Å². The summed E-state index contributed by atoms with van der Waals surface area (Å²) in [5, 5.41) is 13.3. The van der Waals surface area contributed by atoms with Crippen molar-refractivity contribution in [3.63, 3.8) is 0 Å². The standard InChI is InChI=1S/C11H8Cl2FN3O2S/c12-5-1-4(2-6(13)8(5)14)16-11-17-7(3-20-11)9(15)10(18)19/h1-3,9H,15H2,(H,16,17)(H,18,19). The summed E-state index contributed by atoms with van der Waals surface area (Å²) >= 11 is 12.5. The molecule has 0 aliphatic rings. The van der Waals surface area contributed by atoms with Crippen LogP contribution in [0.4, 0.5) is 15.2 Å². The van der Waals surface area contributed by atoms with Crippen molar-refractivity contribution in [3.05, 3.63) is 39.1 Å². The zero-order valence-corrected chi connectivity index (χ0v) is 12.1. The lowest BCUT2D eigenvalue weighted by molar-refractivity contribution is -0.138. The molecule has 0 aliphatic carbocycles. The fourth-order valence-corrected chi connectivity index (χ4v) is 2.62. The Balaban J connectivity index is 2.21. The summed E-state index contributed by atoms with van der Waals surface area (Å²) in [4.78, 5) is 14.8. The number of hydrogen-bond donors (Lipinski definition) is 3. The monoisotopic (exact) mass is 335 g/mol. The molecular formula is C11H8Cl2FN3O2S. The first-order chi connectivity index (χ1) is 9.38.